The van der Waals surface area contributed by atoms with E-state index in [1.165, 1.54) is 0 Å². The van der Waals surface area contributed by atoms with Gasteiger partial charge in [-0.2, -0.15) is 0 Å². The SMILES string of the molecule is COc1ccc(Oc2ccccc2CNC(C)(C)C)cc1. The Balaban J connectivity index is 2.11. The minimum absolute atomic E-state index is 0.0766. The first-order valence-electron chi connectivity index (χ1n) is 7.13. The average Bonchev–Trinajstić information content (AvgIpc) is 2.46. The molecule has 0 aromatic heterocycles. The van der Waals surface area contributed by atoms with E-state index in [1.807, 2.05) is 42.5 Å². The second-order valence-electron chi connectivity index (χ2n) is 5.99. The Bertz CT molecular complexity index is 571. The van der Waals surface area contributed by atoms with Gasteiger partial charge in [-0.25, -0.2) is 0 Å². The van der Waals surface area contributed by atoms with Gasteiger partial charge in [0, 0.05) is 17.6 Å². The van der Waals surface area contributed by atoms with Crippen molar-refractivity contribution in [1.82, 2.24) is 5.32 Å². The molecule has 21 heavy (non-hydrogen) atoms. The van der Waals surface area contributed by atoms with Gasteiger partial charge in [0.15, 0.2) is 0 Å². The van der Waals surface area contributed by atoms with Crippen LogP contribution in [0.5, 0.6) is 17.2 Å². The molecule has 0 fully saturated rings. The zero-order chi connectivity index (χ0) is 15.3. The third-order valence-electron chi connectivity index (χ3n) is 3.07. The summed E-state index contributed by atoms with van der Waals surface area (Å²) in [4.78, 5) is 0. The van der Waals surface area contributed by atoms with Crippen molar-refractivity contribution >= 4 is 0 Å². The maximum absolute atomic E-state index is 5.98. The van der Waals surface area contributed by atoms with Gasteiger partial charge in [-0.05, 0) is 51.1 Å². The molecule has 0 aliphatic carbocycles. The fourth-order valence-electron chi connectivity index (χ4n) is 1.88. The maximum atomic E-state index is 5.98. The Morgan fingerprint density at radius 3 is 2.14 bits per heavy atom. The molecule has 0 aliphatic heterocycles. The molecule has 1 N–H and O–H groups in total. The topological polar surface area (TPSA) is 30.5 Å². The van der Waals surface area contributed by atoms with Gasteiger partial charge in [-0.15, -0.1) is 0 Å². The summed E-state index contributed by atoms with van der Waals surface area (Å²) in [6.45, 7) is 7.23. The fourth-order valence-corrected chi connectivity index (χ4v) is 1.88. The molecule has 0 radical (unpaired) electrons. The van der Waals surface area contributed by atoms with Crippen molar-refractivity contribution in [2.75, 3.05) is 7.11 Å². The van der Waals surface area contributed by atoms with E-state index in [0.29, 0.717) is 0 Å². The predicted octanol–water partition coefficient (Wildman–Crippen LogP) is 4.38. The number of benzene rings is 2. The largest absolute Gasteiger partial charge is 0.497 e. The van der Waals surface area contributed by atoms with E-state index >= 15 is 0 Å². The Kier molecular flexibility index (Phi) is 4.86. The van der Waals surface area contributed by atoms with E-state index in [4.69, 9.17) is 9.47 Å². The lowest BCUT2D eigenvalue weighted by Gasteiger charge is -2.21. The average molecular weight is 285 g/mol. The Labute approximate surface area is 126 Å². The molecular formula is C18H23NO2. The van der Waals surface area contributed by atoms with Gasteiger partial charge in [0.2, 0.25) is 0 Å². The van der Waals surface area contributed by atoms with Gasteiger partial charge in [-0.1, -0.05) is 18.2 Å². The smallest absolute Gasteiger partial charge is 0.131 e. The molecule has 0 bridgehead atoms. The van der Waals surface area contributed by atoms with Crippen LogP contribution in [0.4, 0.5) is 0 Å². The van der Waals surface area contributed by atoms with E-state index in [2.05, 4.69) is 32.2 Å². The summed E-state index contributed by atoms with van der Waals surface area (Å²) in [6, 6.07) is 15.7. The molecule has 2 rings (SSSR count). The molecule has 2 aromatic rings. The molecule has 0 spiro atoms. The first kappa shape index (κ1) is 15.4. The monoisotopic (exact) mass is 285 g/mol. The molecule has 3 heteroatoms. The van der Waals surface area contributed by atoms with Gasteiger partial charge in [0.05, 0.1) is 7.11 Å². The van der Waals surface area contributed by atoms with Crippen LogP contribution in [-0.4, -0.2) is 12.6 Å². The number of ether oxygens (including phenoxy) is 2. The van der Waals surface area contributed by atoms with Crippen LogP contribution in [-0.2, 0) is 6.54 Å². The third kappa shape index (κ3) is 4.80. The second-order valence-corrected chi connectivity index (χ2v) is 5.99. The zero-order valence-corrected chi connectivity index (χ0v) is 13.1. The second kappa shape index (κ2) is 6.64. The molecule has 3 nitrogen and oxygen atoms in total. The summed E-state index contributed by atoms with van der Waals surface area (Å²) in [6.07, 6.45) is 0. The van der Waals surface area contributed by atoms with E-state index in [9.17, 15) is 0 Å². The van der Waals surface area contributed by atoms with Gasteiger partial charge in [0.25, 0.3) is 0 Å². The lowest BCUT2D eigenvalue weighted by Crippen LogP contribution is -2.35. The molecule has 2 aromatic carbocycles. The quantitative estimate of drug-likeness (QED) is 0.884. The Morgan fingerprint density at radius 2 is 1.52 bits per heavy atom. The summed E-state index contributed by atoms with van der Waals surface area (Å²) in [5.41, 5.74) is 1.22. The number of nitrogens with one attached hydrogen (secondary N) is 1. The fraction of sp³-hybridized carbons (Fsp3) is 0.333. The van der Waals surface area contributed by atoms with Gasteiger partial charge >= 0.3 is 0 Å². The highest BCUT2D eigenvalue weighted by Gasteiger charge is 2.11. The van der Waals surface area contributed by atoms with Crippen LogP contribution in [0.1, 0.15) is 26.3 Å². The standard InChI is InChI=1S/C18H23NO2/c1-18(2,3)19-13-14-7-5-6-8-17(14)21-16-11-9-15(20-4)10-12-16/h5-12,19H,13H2,1-4H3. The maximum Gasteiger partial charge on any atom is 0.131 e. The number of methoxy groups -OCH3 is 1. The highest BCUT2D eigenvalue weighted by Crippen LogP contribution is 2.27. The third-order valence-corrected chi connectivity index (χ3v) is 3.07. The highest BCUT2D eigenvalue weighted by molar-refractivity contribution is 5.39. The van der Waals surface area contributed by atoms with Crippen molar-refractivity contribution in [2.45, 2.75) is 32.9 Å². The molecule has 112 valence electrons. The van der Waals surface area contributed by atoms with Gasteiger partial charge in [-0.3, -0.25) is 0 Å². The van der Waals surface area contributed by atoms with Gasteiger partial charge < -0.3 is 14.8 Å². The van der Waals surface area contributed by atoms with E-state index in [0.717, 1.165) is 29.4 Å². The summed E-state index contributed by atoms with van der Waals surface area (Å²) < 4.78 is 11.1. The number of hydrogen-bond acceptors (Lipinski definition) is 3. The molecular weight excluding hydrogens is 262 g/mol. The summed E-state index contributed by atoms with van der Waals surface area (Å²) in [5.74, 6) is 2.50. The van der Waals surface area contributed by atoms with Crippen molar-refractivity contribution in [2.24, 2.45) is 0 Å². The number of para-hydroxylation sites is 1. The van der Waals surface area contributed by atoms with E-state index in [1.54, 1.807) is 7.11 Å². The summed E-state index contributed by atoms with van der Waals surface area (Å²) in [7, 11) is 1.66. The zero-order valence-electron chi connectivity index (χ0n) is 13.1. The molecule has 0 amide bonds. The van der Waals surface area contributed by atoms with Crippen LogP contribution in [0.2, 0.25) is 0 Å². The van der Waals surface area contributed by atoms with Crippen molar-refractivity contribution < 1.29 is 9.47 Å². The molecule has 0 heterocycles. The van der Waals surface area contributed by atoms with Crippen LogP contribution >= 0.6 is 0 Å². The first-order valence-corrected chi connectivity index (χ1v) is 7.13. The number of hydrogen-bond donors (Lipinski definition) is 1. The van der Waals surface area contributed by atoms with Crippen LogP contribution in [0.25, 0.3) is 0 Å². The Morgan fingerprint density at radius 1 is 0.905 bits per heavy atom. The van der Waals surface area contributed by atoms with E-state index < -0.39 is 0 Å². The summed E-state index contributed by atoms with van der Waals surface area (Å²) >= 11 is 0. The molecule has 0 aliphatic rings. The minimum Gasteiger partial charge on any atom is -0.497 e. The van der Waals surface area contributed by atoms with Crippen molar-refractivity contribution in [1.29, 1.82) is 0 Å². The molecule has 0 saturated heterocycles. The lowest BCUT2D eigenvalue weighted by molar-refractivity contribution is 0.409. The number of rotatable bonds is 5. The Hall–Kier alpha value is -2.00. The van der Waals surface area contributed by atoms with E-state index in [-0.39, 0.29) is 5.54 Å². The summed E-state index contributed by atoms with van der Waals surface area (Å²) in [5, 5.41) is 3.48. The minimum atomic E-state index is 0.0766. The van der Waals surface area contributed by atoms with Crippen LogP contribution < -0.4 is 14.8 Å². The highest BCUT2D eigenvalue weighted by atomic mass is 16.5. The molecule has 0 atom stereocenters. The van der Waals surface area contributed by atoms with Crippen LogP contribution in [0.3, 0.4) is 0 Å². The molecule has 0 unspecified atom stereocenters. The van der Waals surface area contributed by atoms with Crippen molar-refractivity contribution in [3.8, 4) is 17.2 Å². The van der Waals surface area contributed by atoms with Gasteiger partial charge in [0.1, 0.15) is 17.2 Å². The van der Waals surface area contributed by atoms with Crippen molar-refractivity contribution in [3.05, 3.63) is 54.1 Å². The van der Waals surface area contributed by atoms with Crippen molar-refractivity contribution in [3.63, 3.8) is 0 Å². The predicted molar refractivity (Wildman–Crippen MR) is 86.1 cm³/mol. The lowest BCUT2D eigenvalue weighted by atomic mass is 10.1. The van der Waals surface area contributed by atoms with Crippen LogP contribution in [0.15, 0.2) is 48.5 Å². The normalized spacial score (nSPS) is 11.2. The molecule has 0 saturated carbocycles. The first-order chi connectivity index (χ1) is 9.98. The van der Waals surface area contributed by atoms with Crippen LogP contribution in [0, 0.1) is 0 Å².